The number of aromatic amines is 1. The smallest absolute Gasteiger partial charge is 0.149 e. The fraction of sp³-hybridized carbons (Fsp3) is 0.158. The summed E-state index contributed by atoms with van der Waals surface area (Å²) in [6.07, 6.45) is 1.79. The van der Waals surface area contributed by atoms with E-state index in [0.717, 1.165) is 22.3 Å². The number of hydrogen-bond donors (Lipinski definition) is 1. The van der Waals surface area contributed by atoms with Gasteiger partial charge in [0.2, 0.25) is 0 Å². The Hall–Kier alpha value is -3.10. The summed E-state index contributed by atoms with van der Waals surface area (Å²) in [7, 11) is 1.63. The highest BCUT2D eigenvalue weighted by Gasteiger charge is 2.07. The van der Waals surface area contributed by atoms with Crippen LogP contribution in [0, 0.1) is 11.3 Å². The Morgan fingerprint density at radius 1 is 1.21 bits per heavy atom. The second-order valence-electron chi connectivity index (χ2n) is 5.19. The maximum atomic E-state index is 9.48. The number of fused-ring (bicyclic) bond motifs is 1. The molecule has 5 heteroatoms. The number of aromatic nitrogens is 2. The van der Waals surface area contributed by atoms with E-state index in [9.17, 15) is 5.26 Å². The van der Waals surface area contributed by atoms with Crippen molar-refractivity contribution >= 4 is 22.7 Å². The zero-order valence-corrected chi connectivity index (χ0v) is 13.3. The molecule has 1 N–H and O–H groups in total. The molecule has 0 amide bonds. The summed E-state index contributed by atoms with van der Waals surface area (Å²) < 4.78 is 10.6. The molecule has 0 aliphatic rings. The van der Waals surface area contributed by atoms with E-state index in [1.54, 1.807) is 13.2 Å². The third kappa shape index (κ3) is 3.62. The molecule has 0 fully saturated rings. The van der Waals surface area contributed by atoms with Crippen LogP contribution in [0.4, 0.5) is 0 Å². The lowest BCUT2D eigenvalue weighted by atomic mass is 10.1. The number of hydrogen-bond acceptors (Lipinski definition) is 4. The molecule has 0 radical (unpaired) electrons. The monoisotopic (exact) mass is 319 g/mol. The standard InChI is InChI=1S/C19H17N3O2/c1-23-9-10-24-16-6-4-5-14(12-16)11-15(13-20)19-21-17-7-2-3-8-18(17)22-19/h2-8,11-12H,9-10H2,1H3,(H,21,22)/b15-11+. The first-order valence-electron chi connectivity index (χ1n) is 7.59. The predicted molar refractivity (Wildman–Crippen MR) is 93.4 cm³/mol. The van der Waals surface area contributed by atoms with Gasteiger partial charge in [0.05, 0.1) is 23.2 Å². The van der Waals surface area contributed by atoms with Gasteiger partial charge in [-0.05, 0) is 35.9 Å². The summed E-state index contributed by atoms with van der Waals surface area (Å²) in [5, 5.41) is 9.48. The molecule has 0 atom stereocenters. The van der Waals surface area contributed by atoms with Gasteiger partial charge in [0.1, 0.15) is 24.3 Å². The third-order valence-corrected chi connectivity index (χ3v) is 3.49. The van der Waals surface area contributed by atoms with Crippen LogP contribution in [0.1, 0.15) is 11.4 Å². The molecule has 24 heavy (non-hydrogen) atoms. The summed E-state index contributed by atoms with van der Waals surface area (Å²) in [6.45, 7) is 1.01. The topological polar surface area (TPSA) is 70.9 Å². The number of imidazole rings is 1. The molecule has 0 aliphatic carbocycles. The van der Waals surface area contributed by atoms with E-state index < -0.39 is 0 Å². The SMILES string of the molecule is COCCOc1cccc(/C=C(\C#N)c2nc3ccccc3[nH]2)c1. The van der Waals surface area contributed by atoms with E-state index >= 15 is 0 Å². The van der Waals surface area contributed by atoms with E-state index in [0.29, 0.717) is 24.6 Å². The lowest BCUT2D eigenvalue weighted by Crippen LogP contribution is -2.04. The largest absolute Gasteiger partial charge is 0.491 e. The minimum Gasteiger partial charge on any atom is -0.491 e. The van der Waals surface area contributed by atoms with Crippen LogP contribution < -0.4 is 4.74 Å². The van der Waals surface area contributed by atoms with Gasteiger partial charge >= 0.3 is 0 Å². The fourth-order valence-electron chi connectivity index (χ4n) is 2.34. The molecular formula is C19H17N3O2. The highest BCUT2D eigenvalue weighted by Crippen LogP contribution is 2.21. The highest BCUT2D eigenvalue weighted by atomic mass is 16.5. The molecule has 1 aromatic heterocycles. The summed E-state index contributed by atoms with van der Waals surface area (Å²) in [5.41, 5.74) is 3.10. The van der Waals surface area contributed by atoms with Crippen molar-refractivity contribution in [2.24, 2.45) is 0 Å². The number of allylic oxidation sites excluding steroid dienone is 1. The number of nitrogens with one attached hydrogen (secondary N) is 1. The van der Waals surface area contributed by atoms with Crippen molar-refractivity contribution < 1.29 is 9.47 Å². The van der Waals surface area contributed by atoms with Crippen LogP contribution in [-0.4, -0.2) is 30.3 Å². The van der Waals surface area contributed by atoms with E-state index in [2.05, 4.69) is 16.0 Å². The fourth-order valence-corrected chi connectivity index (χ4v) is 2.34. The molecule has 3 aromatic rings. The van der Waals surface area contributed by atoms with Gasteiger partial charge in [0, 0.05) is 7.11 Å². The summed E-state index contributed by atoms with van der Waals surface area (Å²) in [6, 6.07) is 17.5. The Balaban J connectivity index is 1.87. The first-order chi connectivity index (χ1) is 11.8. The van der Waals surface area contributed by atoms with Crippen LogP contribution >= 0.6 is 0 Å². The Morgan fingerprint density at radius 2 is 2.08 bits per heavy atom. The Kier molecular flexibility index (Phi) is 4.90. The van der Waals surface area contributed by atoms with Gasteiger partial charge in [0.25, 0.3) is 0 Å². The molecule has 0 saturated carbocycles. The van der Waals surface area contributed by atoms with Gasteiger partial charge < -0.3 is 14.5 Å². The van der Waals surface area contributed by atoms with Crippen LogP contribution in [0.3, 0.4) is 0 Å². The summed E-state index contributed by atoms with van der Waals surface area (Å²) in [4.78, 5) is 7.64. The molecular weight excluding hydrogens is 302 g/mol. The summed E-state index contributed by atoms with van der Waals surface area (Å²) in [5.74, 6) is 1.30. The lowest BCUT2D eigenvalue weighted by Gasteiger charge is -2.06. The van der Waals surface area contributed by atoms with Gasteiger partial charge in [-0.1, -0.05) is 24.3 Å². The Labute approximate surface area is 140 Å². The highest BCUT2D eigenvalue weighted by molar-refractivity contribution is 5.90. The molecule has 0 aliphatic heterocycles. The molecule has 1 heterocycles. The van der Waals surface area contributed by atoms with Crippen molar-refractivity contribution in [3.05, 3.63) is 59.9 Å². The zero-order valence-electron chi connectivity index (χ0n) is 13.3. The molecule has 0 spiro atoms. The van der Waals surface area contributed by atoms with Crippen LogP contribution in [0.15, 0.2) is 48.5 Å². The van der Waals surface area contributed by atoms with E-state index in [4.69, 9.17) is 9.47 Å². The first-order valence-corrected chi connectivity index (χ1v) is 7.59. The minimum atomic E-state index is 0.472. The normalized spacial score (nSPS) is 11.4. The summed E-state index contributed by atoms with van der Waals surface area (Å²) >= 11 is 0. The van der Waals surface area contributed by atoms with Crippen molar-refractivity contribution in [1.82, 2.24) is 9.97 Å². The quantitative estimate of drug-likeness (QED) is 0.556. The van der Waals surface area contributed by atoms with E-state index in [1.165, 1.54) is 0 Å². The van der Waals surface area contributed by atoms with Crippen LogP contribution in [0.5, 0.6) is 5.75 Å². The lowest BCUT2D eigenvalue weighted by molar-refractivity contribution is 0.146. The Morgan fingerprint density at radius 3 is 2.88 bits per heavy atom. The number of nitrogens with zero attached hydrogens (tertiary/aromatic N) is 2. The first kappa shape index (κ1) is 15.8. The zero-order chi connectivity index (χ0) is 16.8. The number of methoxy groups -OCH3 is 1. The van der Waals surface area contributed by atoms with E-state index in [1.807, 2.05) is 48.5 Å². The van der Waals surface area contributed by atoms with Crippen LogP contribution in [0.2, 0.25) is 0 Å². The van der Waals surface area contributed by atoms with Gasteiger partial charge in [-0.2, -0.15) is 5.26 Å². The second-order valence-corrected chi connectivity index (χ2v) is 5.19. The minimum absolute atomic E-state index is 0.472. The average molecular weight is 319 g/mol. The van der Waals surface area contributed by atoms with E-state index in [-0.39, 0.29) is 0 Å². The van der Waals surface area contributed by atoms with Crippen molar-refractivity contribution in [2.45, 2.75) is 0 Å². The maximum absolute atomic E-state index is 9.48. The number of para-hydroxylation sites is 2. The van der Waals surface area contributed by atoms with Crippen LogP contribution in [-0.2, 0) is 4.74 Å². The van der Waals surface area contributed by atoms with Crippen molar-refractivity contribution in [2.75, 3.05) is 20.3 Å². The Bertz CT molecular complexity index is 873. The van der Waals surface area contributed by atoms with Gasteiger partial charge in [-0.3, -0.25) is 0 Å². The van der Waals surface area contributed by atoms with Gasteiger partial charge in [-0.15, -0.1) is 0 Å². The molecule has 120 valence electrons. The third-order valence-electron chi connectivity index (χ3n) is 3.49. The molecule has 0 unspecified atom stereocenters. The second kappa shape index (κ2) is 7.44. The van der Waals surface area contributed by atoms with Crippen molar-refractivity contribution in [1.29, 1.82) is 5.26 Å². The number of benzene rings is 2. The maximum Gasteiger partial charge on any atom is 0.149 e. The van der Waals surface area contributed by atoms with Gasteiger partial charge in [0.15, 0.2) is 0 Å². The molecule has 5 nitrogen and oxygen atoms in total. The molecule has 0 saturated heterocycles. The number of nitriles is 1. The molecule has 0 bridgehead atoms. The number of H-pyrrole nitrogens is 1. The molecule has 3 rings (SSSR count). The van der Waals surface area contributed by atoms with Crippen molar-refractivity contribution in [3.8, 4) is 11.8 Å². The number of ether oxygens (including phenoxy) is 2. The van der Waals surface area contributed by atoms with Gasteiger partial charge in [-0.25, -0.2) is 4.98 Å². The van der Waals surface area contributed by atoms with Crippen molar-refractivity contribution in [3.63, 3.8) is 0 Å². The number of rotatable bonds is 6. The van der Waals surface area contributed by atoms with Crippen LogP contribution in [0.25, 0.3) is 22.7 Å². The predicted octanol–water partition coefficient (Wildman–Crippen LogP) is 3.65. The molecule has 2 aromatic carbocycles. The average Bonchev–Trinajstić information content (AvgIpc) is 3.04.